The lowest BCUT2D eigenvalue weighted by molar-refractivity contribution is -0.148. The van der Waals surface area contributed by atoms with Gasteiger partial charge >= 0.3 is 12.1 Å². The number of carbonyl (C=O) groups is 1. The maximum atomic E-state index is 12.8. The van der Waals surface area contributed by atoms with E-state index in [1.54, 1.807) is 12.1 Å². The van der Waals surface area contributed by atoms with Crippen molar-refractivity contribution in [1.29, 1.82) is 0 Å². The molecular formula is C21H23F3O6S. The Morgan fingerprint density at radius 2 is 1.77 bits per heavy atom. The summed E-state index contributed by atoms with van der Waals surface area (Å²) in [6.45, 7) is 2.67. The van der Waals surface area contributed by atoms with Crippen molar-refractivity contribution in [3.63, 3.8) is 0 Å². The number of rotatable bonds is 10. The van der Waals surface area contributed by atoms with Gasteiger partial charge in [0.25, 0.3) is 10.1 Å². The molecule has 0 amide bonds. The molecule has 0 saturated heterocycles. The molecule has 1 unspecified atom stereocenters. The Hall–Kier alpha value is -2.59. The summed E-state index contributed by atoms with van der Waals surface area (Å²) in [5.41, 5.74) is 0.0488. The minimum Gasteiger partial charge on any atom is -0.490 e. The number of halogens is 3. The third-order valence-corrected chi connectivity index (χ3v) is 5.47. The van der Waals surface area contributed by atoms with Crippen molar-refractivity contribution in [2.24, 2.45) is 0 Å². The summed E-state index contributed by atoms with van der Waals surface area (Å²) >= 11 is 0. The Kier molecular flexibility index (Phi) is 8.46. The molecule has 170 valence electrons. The normalized spacial score (nSPS) is 12.9. The lowest BCUT2D eigenvalue weighted by Crippen LogP contribution is -2.25. The van der Waals surface area contributed by atoms with Gasteiger partial charge < -0.3 is 9.47 Å². The fraction of sp³-hybridized carbons (Fsp3) is 0.381. The number of hydrogen-bond acceptors (Lipinski definition) is 6. The molecule has 0 radical (unpaired) electrons. The summed E-state index contributed by atoms with van der Waals surface area (Å²) in [6.07, 6.45) is -4.87. The van der Waals surface area contributed by atoms with Crippen molar-refractivity contribution < 1.29 is 40.0 Å². The second-order valence-electron chi connectivity index (χ2n) is 6.80. The van der Waals surface area contributed by atoms with Crippen molar-refractivity contribution in [2.75, 3.05) is 13.2 Å². The molecule has 2 aromatic carbocycles. The van der Waals surface area contributed by atoms with Gasteiger partial charge in [0, 0.05) is 6.92 Å². The van der Waals surface area contributed by atoms with Gasteiger partial charge in [-0.1, -0.05) is 23.8 Å². The highest BCUT2D eigenvalue weighted by molar-refractivity contribution is 7.86. The summed E-state index contributed by atoms with van der Waals surface area (Å²) in [6, 6.07) is 10.5. The van der Waals surface area contributed by atoms with Crippen molar-refractivity contribution in [3.05, 3.63) is 59.7 Å². The average molecular weight is 460 g/mol. The molecule has 0 aliphatic heterocycles. The third-order valence-electron chi connectivity index (χ3n) is 4.15. The monoisotopic (exact) mass is 460 g/mol. The molecule has 1 atom stereocenters. The lowest BCUT2D eigenvalue weighted by atomic mass is 10.2. The second kappa shape index (κ2) is 10.6. The topological polar surface area (TPSA) is 78.9 Å². The van der Waals surface area contributed by atoms with E-state index in [4.69, 9.17) is 13.7 Å². The quantitative estimate of drug-likeness (QED) is 0.295. The highest BCUT2D eigenvalue weighted by atomic mass is 32.2. The van der Waals surface area contributed by atoms with Crippen LogP contribution in [0.15, 0.2) is 53.4 Å². The molecule has 6 nitrogen and oxygen atoms in total. The van der Waals surface area contributed by atoms with Gasteiger partial charge in [0.05, 0.1) is 17.1 Å². The highest BCUT2D eigenvalue weighted by Gasteiger charge is 2.30. The van der Waals surface area contributed by atoms with Crippen molar-refractivity contribution >= 4 is 16.1 Å². The van der Waals surface area contributed by atoms with Gasteiger partial charge in [0.1, 0.15) is 18.5 Å². The van der Waals surface area contributed by atoms with E-state index in [9.17, 15) is 26.4 Å². The number of esters is 1. The van der Waals surface area contributed by atoms with Crippen LogP contribution in [-0.2, 0) is 30.0 Å². The van der Waals surface area contributed by atoms with Gasteiger partial charge in [-0.2, -0.15) is 21.6 Å². The number of carbonyl (C=O) groups excluding carboxylic acids is 1. The summed E-state index contributed by atoms with van der Waals surface area (Å²) in [5, 5.41) is 0. The van der Waals surface area contributed by atoms with Crippen LogP contribution in [0.2, 0.25) is 0 Å². The molecule has 0 bridgehead atoms. The Morgan fingerprint density at radius 3 is 2.39 bits per heavy atom. The van der Waals surface area contributed by atoms with Crippen molar-refractivity contribution in [1.82, 2.24) is 0 Å². The molecule has 31 heavy (non-hydrogen) atoms. The molecule has 2 aromatic rings. The first-order valence-electron chi connectivity index (χ1n) is 9.41. The van der Waals surface area contributed by atoms with Crippen molar-refractivity contribution in [3.8, 4) is 5.75 Å². The summed E-state index contributed by atoms with van der Waals surface area (Å²) in [7, 11) is -3.92. The van der Waals surface area contributed by atoms with Crippen LogP contribution in [0.25, 0.3) is 0 Å². The zero-order valence-corrected chi connectivity index (χ0v) is 17.8. The Balaban J connectivity index is 1.89. The fourth-order valence-electron chi connectivity index (χ4n) is 2.61. The van der Waals surface area contributed by atoms with Crippen LogP contribution in [0, 0.1) is 6.92 Å². The van der Waals surface area contributed by atoms with Crippen LogP contribution in [-0.4, -0.2) is 33.7 Å². The number of aryl methyl sites for hydroxylation is 1. The average Bonchev–Trinajstić information content (AvgIpc) is 2.69. The van der Waals surface area contributed by atoms with Crippen LogP contribution in [0.3, 0.4) is 0 Å². The molecular weight excluding hydrogens is 437 g/mol. The molecule has 0 aromatic heterocycles. The van der Waals surface area contributed by atoms with Crippen LogP contribution in [0.1, 0.15) is 30.9 Å². The fourth-order valence-corrected chi connectivity index (χ4v) is 3.56. The van der Waals surface area contributed by atoms with E-state index >= 15 is 0 Å². The number of benzene rings is 2. The van der Waals surface area contributed by atoms with E-state index in [0.29, 0.717) is 0 Å². The van der Waals surface area contributed by atoms with Gasteiger partial charge in [0.15, 0.2) is 0 Å². The van der Waals surface area contributed by atoms with Crippen LogP contribution in [0.4, 0.5) is 13.2 Å². The largest absolute Gasteiger partial charge is 0.490 e. The molecule has 0 aliphatic rings. The Morgan fingerprint density at radius 1 is 1.10 bits per heavy atom. The van der Waals surface area contributed by atoms with Gasteiger partial charge in [-0.05, 0) is 50.1 Å². The minimum atomic E-state index is -4.51. The molecule has 2 rings (SSSR count). The first-order valence-corrected chi connectivity index (χ1v) is 10.8. The molecule has 0 fully saturated rings. The summed E-state index contributed by atoms with van der Waals surface area (Å²) in [4.78, 5) is 11.3. The van der Waals surface area contributed by atoms with E-state index in [1.807, 2.05) is 6.92 Å². The SMILES string of the molecule is CC(=O)OC(CCCOS(=O)(=O)c1ccc(C)cc1)COc1cccc(C(F)(F)F)c1. The number of ether oxygens (including phenoxy) is 2. The zero-order chi connectivity index (χ0) is 23.1. The molecule has 0 aliphatic carbocycles. The summed E-state index contributed by atoms with van der Waals surface area (Å²) in [5.74, 6) is -0.615. The standard InChI is InChI=1S/C21H23F3O6S/c1-15-8-10-20(11-9-15)31(26,27)29-12-4-7-19(30-16(2)25)14-28-18-6-3-5-17(13-18)21(22,23)24/h3,5-6,8-11,13,19H,4,7,12,14H2,1-2H3. The minimum absolute atomic E-state index is 0.0230. The van der Waals surface area contributed by atoms with E-state index < -0.39 is 33.9 Å². The van der Waals surface area contributed by atoms with Crippen LogP contribution >= 0.6 is 0 Å². The van der Waals surface area contributed by atoms with Gasteiger partial charge in [0.2, 0.25) is 0 Å². The molecule has 0 saturated carbocycles. The molecule has 0 N–H and O–H groups in total. The number of hydrogen-bond donors (Lipinski definition) is 0. The molecule has 0 spiro atoms. The predicted molar refractivity (Wildman–Crippen MR) is 106 cm³/mol. The second-order valence-corrected chi connectivity index (χ2v) is 8.41. The third kappa shape index (κ3) is 8.22. The van der Waals surface area contributed by atoms with Crippen molar-refractivity contribution in [2.45, 2.75) is 43.9 Å². The van der Waals surface area contributed by atoms with Crippen LogP contribution < -0.4 is 4.74 Å². The van der Waals surface area contributed by atoms with Gasteiger partial charge in [-0.3, -0.25) is 8.98 Å². The highest BCUT2D eigenvalue weighted by Crippen LogP contribution is 2.31. The van der Waals surface area contributed by atoms with Gasteiger partial charge in [-0.25, -0.2) is 0 Å². The maximum Gasteiger partial charge on any atom is 0.416 e. The van der Waals surface area contributed by atoms with E-state index in [2.05, 4.69) is 0 Å². The maximum absolute atomic E-state index is 12.8. The lowest BCUT2D eigenvalue weighted by Gasteiger charge is -2.18. The van der Waals surface area contributed by atoms with E-state index in [0.717, 1.165) is 17.7 Å². The first kappa shape index (κ1) is 24.7. The molecule has 0 heterocycles. The van der Waals surface area contributed by atoms with E-state index in [1.165, 1.54) is 31.2 Å². The van der Waals surface area contributed by atoms with Gasteiger partial charge in [-0.15, -0.1) is 0 Å². The Bertz CT molecular complexity index is 971. The molecule has 10 heteroatoms. The Labute approximate surface area is 179 Å². The zero-order valence-electron chi connectivity index (χ0n) is 17.0. The number of alkyl halides is 3. The predicted octanol–water partition coefficient (Wildman–Crippen LogP) is 4.51. The first-order chi connectivity index (χ1) is 14.5. The van der Waals surface area contributed by atoms with Crippen LogP contribution in [0.5, 0.6) is 5.75 Å². The summed E-state index contributed by atoms with van der Waals surface area (Å²) < 4.78 is 78.2. The smallest absolute Gasteiger partial charge is 0.416 e. The van der Waals surface area contributed by atoms with E-state index in [-0.39, 0.29) is 36.7 Å².